The van der Waals surface area contributed by atoms with Crippen molar-refractivity contribution < 1.29 is 22.3 Å². The molecule has 0 aliphatic carbocycles. The number of benzene rings is 2. The molecule has 0 aliphatic heterocycles. The van der Waals surface area contributed by atoms with Gasteiger partial charge in [0.05, 0.1) is 19.4 Å². The van der Waals surface area contributed by atoms with Gasteiger partial charge in [0, 0.05) is 22.2 Å². The maximum Gasteiger partial charge on any atom is 0.433 e. The van der Waals surface area contributed by atoms with E-state index in [1.165, 1.54) is 23.9 Å². The summed E-state index contributed by atoms with van der Waals surface area (Å²) in [5.41, 5.74) is 7.52. The van der Waals surface area contributed by atoms with E-state index in [0.29, 0.717) is 34.6 Å². The zero-order valence-corrected chi connectivity index (χ0v) is 20.0. The number of fused-ring (bicyclic) bond motifs is 2. The molecule has 0 radical (unpaired) electrons. The van der Waals surface area contributed by atoms with E-state index in [2.05, 4.69) is 39.4 Å². The molecule has 0 saturated heterocycles. The van der Waals surface area contributed by atoms with Crippen LogP contribution in [0, 0.1) is 0 Å². The lowest BCUT2D eigenvalue weighted by Gasteiger charge is -2.11. The number of thiophene rings is 1. The average Bonchev–Trinajstić information content (AvgIpc) is 3.50. The molecule has 10 heteroatoms. The molecule has 5 aromatic rings. The molecular formula is C26H21F3N4O2S. The summed E-state index contributed by atoms with van der Waals surface area (Å²) in [6, 6.07) is 13.6. The summed E-state index contributed by atoms with van der Waals surface area (Å²) in [5.74, 6) is 0.810. The first kappa shape index (κ1) is 23.8. The topological polar surface area (TPSA) is 86.2 Å². The molecule has 0 fully saturated rings. The third-order valence-electron chi connectivity index (χ3n) is 5.78. The van der Waals surface area contributed by atoms with Gasteiger partial charge in [0.2, 0.25) is 5.89 Å². The van der Waals surface area contributed by atoms with Crippen molar-refractivity contribution in [3.05, 3.63) is 83.2 Å². The zero-order valence-electron chi connectivity index (χ0n) is 19.1. The number of oxazole rings is 1. The summed E-state index contributed by atoms with van der Waals surface area (Å²) in [5, 5.41) is 6.95. The lowest BCUT2D eigenvalue weighted by molar-refractivity contribution is -0.140. The number of nitrogens with zero attached hydrogens (tertiary/aromatic N) is 2. The normalized spacial score (nSPS) is 11.8. The molecule has 0 atom stereocenters. The Kier molecular flexibility index (Phi) is 6.15. The summed E-state index contributed by atoms with van der Waals surface area (Å²) in [7, 11) is 1.37. The van der Waals surface area contributed by atoms with Gasteiger partial charge in [0.1, 0.15) is 28.4 Å². The number of ether oxygens (including phenoxy) is 1. The van der Waals surface area contributed by atoms with Gasteiger partial charge < -0.3 is 20.2 Å². The van der Waals surface area contributed by atoms with Gasteiger partial charge in [-0.2, -0.15) is 13.2 Å². The Hall–Kier alpha value is -3.89. The van der Waals surface area contributed by atoms with Gasteiger partial charge >= 0.3 is 6.18 Å². The number of nitrogens with two attached hydrogens (primary N) is 1. The quantitative estimate of drug-likeness (QED) is 0.265. The second kappa shape index (κ2) is 9.29. The van der Waals surface area contributed by atoms with Gasteiger partial charge in [-0.15, -0.1) is 11.3 Å². The van der Waals surface area contributed by atoms with Crippen LogP contribution in [-0.4, -0.2) is 17.1 Å². The van der Waals surface area contributed by atoms with Crippen LogP contribution >= 0.6 is 11.3 Å². The summed E-state index contributed by atoms with van der Waals surface area (Å²) >= 11 is 1.67. The van der Waals surface area contributed by atoms with Crippen LogP contribution < -0.4 is 15.8 Å². The van der Waals surface area contributed by atoms with Crippen LogP contribution in [0.3, 0.4) is 0 Å². The van der Waals surface area contributed by atoms with Crippen molar-refractivity contribution in [1.29, 1.82) is 0 Å². The molecule has 3 heterocycles. The fourth-order valence-electron chi connectivity index (χ4n) is 4.00. The number of pyridine rings is 1. The van der Waals surface area contributed by atoms with Crippen molar-refractivity contribution in [1.82, 2.24) is 15.3 Å². The van der Waals surface area contributed by atoms with Crippen molar-refractivity contribution in [2.45, 2.75) is 19.3 Å². The summed E-state index contributed by atoms with van der Waals surface area (Å²) in [6.45, 7) is 4.70. The molecule has 0 amide bonds. The zero-order chi connectivity index (χ0) is 25.4. The molecular weight excluding hydrogens is 489 g/mol. The third kappa shape index (κ3) is 4.29. The van der Waals surface area contributed by atoms with Crippen molar-refractivity contribution in [3.63, 3.8) is 0 Å². The predicted octanol–water partition coefficient (Wildman–Crippen LogP) is 6.35. The SMILES string of the molecule is C=C(NCc1csc2ccccc12)c1nc(-c2ccc(OC)c3nc(C(F)(F)F)ccc23)oc1CN. The molecule has 184 valence electrons. The van der Waals surface area contributed by atoms with E-state index in [9.17, 15) is 13.2 Å². The molecule has 0 saturated carbocycles. The van der Waals surface area contributed by atoms with Crippen LogP contribution in [0.15, 0.2) is 64.9 Å². The van der Waals surface area contributed by atoms with E-state index in [0.717, 1.165) is 17.0 Å². The van der Waals surface area contributed by atoms with Crippen LogP contribution in [0.4, 0.5) is 13.2 Å². The molecule has 0 unspecified atom stereocenters. The largest absolute Gasteiger partial charge is 0.494 e. The number of halogens is 3. The fraction of sp³-hybridized carbons (Fsp3) is 0.154. The number of hydrogen-bond acceptors (Lipinski definition) is 7. The first-order valence-electron chi connectivity index (χ1n) is 10.9. The number of aromatic nitrogens is 2. The number of hydrogen-bond donors (Lipinski definition) is 2. The van der Waals surface area contributed by atoms with E-state index >= 15 is 0 Å². The third-order valence-corrected chi connectivity index (χ3v) is 6.80. The number of alkyl halides is 3. The van der Waals surface area contributed by atoms with Gasteiger partial charge in [0.25, 0.3) is 0 Å². The minimum absolute atomic E-state index is 0.0557. The monoisotopic (exact) mass is 510 g/mol. The highest BCUT2D eigenvalue weighted by Crippen LogP contribution is 2.37. The highest BCUT2D eigenvalue weighted by molar-refractivity contribution is 7.17. The van der Waals surface area contributed by atoms with Crippen molar-refractivity contribution in [2.24, 2.45) is 5.73 Å². The molecule has 3 N–H and O–H groups in total. The Balaban J connectivity index is 1.49. The van der Waals surface area contributed by atoms with Crippen LogP contribution in [0.5, 0.6) is 5.75 Å². The fourth-order valence-corrected chi connectivity index (χ4v) is 4.96. The molecule has 3 aromatic heterocycles. The molecule has 0 aliphatic rings. The van der Waals surface area contributed by atoms with E-state index in [4.69, 9.17) is 14.9 Å². The van der Waals surface area contributed by atoms with E-state index in [1.807, 2.05) is 12.1 Å². The Bertz CT molecular complexity index is 1590. The van der Waals surface area contributed by atoms with Gasteiger partial charge in [-0.3, -0.25) is 0 Å². The Labute approximate surface area is 208 Å². The number of methoxy groups -OCH3 is 1. The molecule has 6 nitrogen and oxygen atoms in total. The van der Waals surface area contributed by atoms with Crippen molar-refractivity contribution in [3.8, 4) is 17.2 Å². The Morgan fingerprint density at radius 3 is 2.67 bits per heavy atom. The van der Waals surface area contributed by atoms with Crippen LogP contribution in [0.2, 0.25) is 0 Å². The molecule has 36 heavy (non-hydrogen) atoms. The van der Waals surface area contributed by atoms with Crippen LogP contribution in [0.1, 0.15) is 22.7 Å². The molecule has 2 aromatic carbocycles. The highest BCUT2D eigenvalue weighted by Gasteiger charge is 2.33. The van der Waals surface area contributed by atoms with E-state index in [-0.39, 0.29) is 23.7 Å². The summed E-state index contributed by atoms with van der Waals surface area (Å²) in [4.78, 5) is 8.39. The van der Waals surface area contributed by atoms with Gasteiger partial charge in [-0.05, 0) is 46.7 Å². The first-order chi connectivity index (χ1) is 17.3. The number of nitrogens with one attached hydrogen (secondary N) is 1. The first-order valence-corrected chi connectivity index (χ1v) is 11.8. The second-order valence-corrected chi connectivity index (χ2v) is 8.90. The van der Waals surface area contributed by atoms with E-state index < -0.39 is 11.9 Å². The summed E-state index contributed by atoms with van der Waals surface area (Å²) < 4.78 is 52.2. The lowest BCUT2D eigenvalue weighted by atomic mass is 10.1. The second-order valence-electron chi connectivity index (χ2n) is 7.99. The van der Waals surface area contributed by atoms with Crippen LogP contribution in [0.25, 0.3) is 38.1 Å². The minimum atomic E-state index is -4.59. The van der Waals surface area contributed by atoms with Gasteiger partial charge in [-0.25, -0.2) is 9.97 Å². The van der Waals surface area contributed by atoms with Gasteiger partial charge in [0.15, 0.2) is 0 Å². The van der Waals surface area contributed by atoms with Crippen molar-refractivity contribution >= 4 is 38.0 Å². The molecule has 0 bridgehead atoms. The van der Waals surface area contributed by atoms with E-state index in [1.54, 1.807) is 17.4 Å². The van der Waals surface area contributed by atoms with Crippen molar-refractivity contribution in [2.75, 3.05) is 7.11 Å². The molecule has 0 spiro atoms. The standard InChI is InChI=1S/C26H21F3N4O2S/c1-14(31-12-15-13-36-21-6-4-3-5-16(15)21)23-20(11-30)35-25(33-23)18-7-9-19(34-2)24-17(18)8-10-22(32-24)26(27,28)29/h3-10,13,31H,1,11-12,30H2,2H3. The Morgan fingerprint density at radius 2 is 1.92 bits per heavy atom. The molecule has 5 rings (SSSR count). The minimum Gasteiger partial charge on any atom is -0.494 e. The Morgan fingerprint density at radius 1 is 1.11 bits per heavy atom. The average molecular weight is 511 g/mol. The lowest BCUT2D eigenvalue weighted by Crippen LogP contribution is -2.13. The summed E-state index contributed by atoms with van der Waals surface area (Å²) in [6.07, 6.45) is -4.59. The number of rotatable bonds is 7. The smallest absolute Gasteiger partial charge is 0.433 e. The maximum atomic E-state index is 13.3. The predicted molar refractivity (Wildman–Crippen MR) is 134 cm³/mol. The van der Waals surface area contributed by atoms with Gasteiger partial charge in [-0.1, -0.05) is 24.8 Å². The van der Waals surface area contributed by atoms with Crippen LogP contribution in [-0.2, 0) is 19.3 Å². The highest BCUT2D eigenvalue weighted by atomic mass is 32.1. The maximum absolute atomic E-state index is 13.3.